The van der Waals surface area contributed by atoms with Crippen LogP contribution in [-0.2, 0) is 5.41 Å². The molecule has 0 heterocycles. The molecule has 0 bridgehead atoms. The molecular formula is C57H38O2. The highest BCUT2D eigenvalue weighted by Gasteiger charge is 2.48. The van der Waals surface area contributed by atoms with Crippen LogP contribution in [0.3, 0.4) is 0 Å². The van der Waals surface area contributed by atoms with Crippen LogP contribution in [0.4, 0.5) is 0 Å². The molecule has 0 saturated carbocycles. The molecule has 2 heteroatoms. The molecule has 0 radical (unpaired) electrons. The largest absolute Gasteiger partial charge is 0.507 e. The van der Waals surface area contributed by atoms with Crippen molar-refractivity contribution in [3.63, 3.8) is 0 Å². The maximum atomic E-state index is 11.5. The lowest BCUT2D eigenvalue weighted by atomic mass is 9.66. The highest BCUT2D eigenvalue weighted by molar-refractivity contribution is 6.04. The van der Waals surface area contributed by atoms with Gasteiger partial charge in [-0.3, -0.25) is 0 Å². The molecular weight excluding hydrogens is 717 g/mol. The summed E-state index contributed by atoms with van der Waals surface area (Å²) in [6, 6.07) is 76.5. The third-order valence-corrected chi connectivity index (χ3v) is 12.3. The maximum Gasteiger partial charge on any atom is 0.123 e. The molecule has 59 heavy (non-hydrogen) atoms. The summed E-state index contributed by atoms with van der Waals surface area (Å²) < 4.78 is 0. The highest BCUT2D eigenvalue weighted by Crippen LogP contribution is 2.61. The van der Waals surface area contributed by atoms with E-state index in [0.717, 1.165) is 66.8 Å². The van der Waals surface area contributed by atoms with Crippen molar-refractivity contribution in [2.75, 3.05) is 0 Å². The summed E-state index contributed by atoms with van der Waals surface area (Å²) in [7, 11) is 0. The second-order valence-corrected chi connectivity index (χ2v) is 15.5. The normalized spacial score (nSPS) is 12.7. The van der Waals surface area contributed by atoms with Crippen LogP contribution < -0.4 is 0 Å². The monoisotopic (exact) mass is 754 g/mol. The van der Waals surface area contributed by atoms with Gasteiger partial charge in [-0.1, -0.05) is 182 Å². The molecule has 0 unspecified atom stereocenters. The van der Waals surface area contributed by atoms with Gasteiger partial charge in [0.15, 0.2) is 0 Å². The molecule has 0 aliphatic heterocycles. The Balaban J connectivity index is 1.29. The van der Waals surface area contributed by atoms with Gasteiger partial charge in [0.05, 0.1) is 5.41 Å². The Labute approximate surface area is 343 Å². The minimum Gasteiger partial charge on any atom is -0.507 e. The van der Waals surface area contributed by atoms with E-state index in [4.69, 9.17) is 0 Å². The number of fused-ring (bicyclic) bond motifs is 5. The molecule has 0 aromatic heterocycles. The third kappa shape index (κ3) is 5.49. The van der Waals surface area contributed by atoms with Crippen molar-refractivity contribution in [2.45, 2.75) is 5.41 Å². The van der Waals surface area contributed by atoms with Crippen LogP contribution in [0, 0.1) is 0 Å². The minimum atomic E-state index is -0.862. The van der Waals surface area contributed by atoms with Gasteiger partial charge in [-0.05, 0) is 125 Å². The molecule has 1 aliphatic rings. The minimum absolute atomic E-state index is 0.221. The molecule has 0 amide bonds. The van der Waals surface area contributed by atoms with Crippen LogP contribution in [0.2, 0.25) is 0 Å². The van der Waals surface area contributed by atoms with E-state index >= 15 is 0 Å². The highest BCUT2D eigenvalue weighted by atomic mass is 16.3. The molecule has 2 nitrogen and oxygen atoms in total. The number of phenolic OH excluding ortho intramolecular Hbond substituents is 2. The molecule has 0 atom stereocenters. The van der Waals surface area contributed by atoms with E-state index in [-0.39, 0.29) is 11.5 Å². The number of hydrogen-bond donors (Lipinski definition) is 2. The first-order valence-corrected chi connectivity index (χ1v) is 20.1. The fraction of sp³-hybridized carbons (Fsp3) is 0.0175. The first-order valence-electron chi connectivity index (χ1n) is 20.1. The standard InChI is InChI=1S/C57H38O2/c58-53-31-29-45(35-49(53)39-15-3-1-4-16-39)57(46-30-32-54(59)50(36-46)40-17-5-2-6-18-40)51-23-11-21-47(43-27-25-37-13-7-9-19-41(37)33-43)55(51)56-48(22-12-24-52(56)57)44-28-26-38-14-8-10-20-42(38)34-44/h1-36,58-59H. The molecule has 0 fully saturated rings. The molecule has 2 N–H and O–H groups in total. The number of benzene rings is 10. The molecule has 11 rings (SSSR count). The van der Waals surface area contributed by atoms with Crippen LogP contribution in [0.25, 0.3) is 77.2 Å². The van der Waals surface area contributed by atoms with Gasteiger partial charge in [-0.15, -0.1) is 0 Å². The van der Waals surface area contributed by atoms with Gasteiger partial charge >= 0.3 is 0 Å². The fourth-order valence-electron chi connectivity index (χ4n) is 9.63. The van der Waals surface area contributed by atoms with Crippen molar-refractivity contribution in [3.05, 3.63) is 241 Å². The van der Waals surface area contributed by atoms with Gasteiger partial charge < -0.3 is 10.2 Å². The van der Waals surface area contributed by atoms with E-state index < -0.39 is 5.41 Å². The smallest absolute Gasteiger partial charge is 0.123 e. The lowest BCUT2D eigenvalue weighted by Gasteiger charge is -2.35. The topological polar surface area (TPSA) is 40.5 Å². The average Bonchev–Trinajstić information content (AvgIpc) is 3.61. The molecule has 10 aromatic rings. The first-order chi connectivity index (χ1) is 29.1. The quantitative estimate of drug-likeness (QED) is 0.177. The summed E-state index contributed by atoms with van der Waals surface area (Å²) in [6.45, 7) is 0. The van der Waals surface area contributed by atoms with Gasteiger partial charge in [0, 0.05) is 11.1 Å². The Kier molecular flexibility index (Phi) is 8.06. The summed E-state index contributed by atoms with van der Waals surface area (Å²) >= 11 is 0. The predicted octanol–water partition coefficient (Wildman–Crippen LogP) is 14.4. The molecule has 1 aliphatic carbocycles. The SMILES string of the molecule is Oc1ccc(C2(c3ccc(O)c(-c4ccccc4)c3)c3cccc(-c4ccc5ccccc5c4)c3-c3c(-c4ccc5ccccc5c4)cccc32)cc1-c1ccccc1. The van der Waals surface area contributed by atoms with Crippen molar-refractivity contribution in [2.24, 2.45) is 0 Å². The molecule has 278 valence electrons. The zero-order valence-corrected chi connectivity index (χ0v) is 32.2. The van der Waals surface area contributed by atoms with Crippen LogP contribution in [-0.4, -0.2) is 10.2 Å². The van der Waals surface area contributed by atoms with Crippen molar-refractivity contribution < 1.29 is 10.2 Å². The Hall–Kier alpha value is -7.68. The van der Waals surface area contributed by atoms with Gasteiger partial charge in [0.2, 0.25) is 0 Å². The van der Waals surface area contributed by atoms with Gasteiger partial charge in [-0.25, -0.2) is 0 Å². The maximum absolute atomic E-state index is 11.5. The second-order valence-electron chi connectivity index (χ2n) is 15.5. The fourth-order valence-corrected chi connectivity index (χ4v) is 9.63. The van der Waals surface area contributed by atoms with Gasteiger partial charge in [-0.2, -0.15) is 0 Å². The molecule has 0 spiro atoms. The number of rotatable bonds is 6. The molecule has 0 saturated heterocycles. The number of aromatic hydroxyl groups is 2. The Morgan fingerprint density at radius 2 is 0.678 bits per heavy atom. The van der Waals surface area contributed by atoms with Crippen molar-refractivity contribution in [1.82, 2.24) is 0 Å². The van der Waals surface area contributed by atoms with E-state index in [9.17, 15) is 10.2 Å². The van der Waals surface area contributed by atoms with Crippen LogP contribution in [0.1, 0.15) is 22.3 Å². The third-order valence-electron chi connectivity index (χ3n) is 12.3. The number of hydrogen-bond acceptors (Lipinski definition) is 2. The van der Waals surface area contributed by atoms with E-state index in [1.54, 1.807) is 0 Å². The van der Waals surface area contributed by atoms with Crippen molar-refractivity contribution in [3.8, 4) is 67.1 Å². The van der Waals surface area contributed by atoms with Crippen molar-refractivity contribution >= 4 is 21.5 Å². The zero-order chi connectivity index (χ0) is 39.5. The zero-order valence-electron chi connectivity index (χ0n) is 32.2. The first kappa shape index (κ1) is 34.6. The Bertz CT molecular complexity index is 3020. The van der Waals surface area contributed by atoms with Crippen molar-refractivity contribution in [1.29, 1.82) is 0 Å². The summed E-state index contributed by atoms with van der Waals surface area (Å²) in [5, 5.41) is 27.8. The Morgan fingerprint density at radius 1 is 0.271 bits per heavy atom. The summed E-state index contributed by atoms with van der Waals surface area (Å²) in [5.74, 6) is 0.443. The van der Waals surface area contributed by atoms with Gasteiger partial charge in [0.25, 0.3) is 0 Å². The number of phenols is 2. The molecule has 10 aromatic carbocycles. The lowest BCUT2D eigenvalue weighted by molar-refractivity contribution is 0.477. The van der Waals surface area contributed by atoms with Crippen LogP contribution in [0.5, 0.6) is 11.5 Å². The predicted molar refractivity (Wildman–Crippen MR) is 244 cm³/mol. The van der Waals surface area contributed by atoms with Crippen LogP contribution >= 0.6 is 0 Å². The van der Waals surface area contributed by atoms with E-state index in [1.165, 1.54) is 32.7 Å². The van der Waals surface area contributed by atoms with Gasteiger partial charge in [0.1, 0.15) is 11.5 Å². The summed E-state index contributed by atoms with van der Waals surface area (Å²) in [5.41, 5.74) is 13.8. The summed E-state index contributed by atoms with van der Waals surface area (Å²) in [4.78, 5) is 0. The Morgan fingerprint density at radius 3 is 1.12 bits per heavy atom. The van der Waals surface area contributed by atoms with E-state index in [0.29, 0.717) is 0 Å². The second kappa shape index (κ2) is 13.8. The average molecular weight is 755 g/mol. The van der Waals surface area contributed by atoms with Crippen LogP contribution in [0.15, 0.2) is 218 Å². The lowest BCUT2D eigenvalue weighted by Crippen LogP contribution is -2.28. The van der Waals surface area contributed by atoms with E-state index in [1.807, 2.05) is 72.8 Å². The van der Waals surface area contributed by atoms with E-state index in [2.05, 4.69) is 146 Å². The summed E-state index contributed by atoms with van der Waals surface area (Å²) in [6.07, 6.45) is 0.